The summed E-state index contributed by atoms with van der Waals surface area (Å²) in [7, 11) is 1.60. The van der Waals surface area contributed by atoms with E-state index in [0.29, 0.717) is 33.8 Å². The van der Waals surface area contributed by atoms with Crippen LogP contribution in [0.2, 0.25) is 5.02 Å². The van der Waals surface area contributed by atoms with Gasteiger partial charge in [0.25, 0.3) is 0 Å². The summed E-state index contributed by atoms with van der Waals surface area (Å²) in [6, 6.07) is 12.7. The molecule has 0 saturated heterocycles. The first-order valence-electron chi connectivity index (χ1n) is 10.2. The van der Waals surface area contributed by atoms with Crippen LogP contribution >= 0.6 is 23.8 Å². The second kappa shape index (κ2) is 10.2. The van der Waals surface area contributed by atoms with Crippen molar-refractivity contribution in [3.63, 3.8) is 0 Å². The Labute approximate surface area is 194 Å². The van der Waals surface area contributed by atoms with Crippen LogP contribution in [0.15, 0.2) is 53.7 Å². The number of hydrogen-bond acceptors (Lipinski definition) is 4. The number of nitrogens with zero attached hydrogens (tertiary/aromatic N) is 1. The molecule has 3 rings (SSSR count). The van der Waals surface area contributed by atoms with E-state index in [2.05, 4.69) is 12.2 Å². The maximum atomic E-state index is 12.7. The smallest absolute Gasteiger partial charge is 0.173 e. The Kier molecular flexibility index (Phi) is 7.57. The van der Waals surface area contributed by atoms with E-state index in [9.17, 15) is 4.79 Å². The number of thiocarbonyl (C=S) groups is 1. The molecule has 0 aliphatic carbocycles. The van der Waals surface area contributed by atoms with Crippen molar-refractivity contribution in [1.29, 1.82) is 0 Å². The standard InChI is InChI=1S/C24H27ClN2O3S/c1-5-12-27-15(2)21(16(3)28)22(26-24(27)31)19-10-7-11-20(29-4)23(19)30-14-17-8-6-9-18(25)13-17/h6-11,13,22H,5,12,14H2,1-4H3,(H,26,31). The van der Waals surface area contributed by atoms with Crippen LogP contribution in [0.25, 0.3) is 0 Å². The van der Waals surface area contributed by atoms with Gasteiger partial charge in [0.1, 0.15) is 6.61 Å². The molecule has 1 heterocycles. The molecule has 164 valence electrons. The number of benzene rings is 2. The molecule has 2 aromatic rings. The topological polar surface area (TPSA) is 50.8 Å². The summed E-state index contributed by atoms with van der Waals surface area (Å²) >= 11 is 11.7. The third kappa shape index (κ3) is 5.02. The number of hydrogen-bond donors (Lipinski definition) is 1. The van der Waals surface area contributed by atoms with E-state index in [1.54, 1.807) is 14.0 Å². The Morgan fingerprint density at radius 1 is 1.26 bits per heavy atom. The molecule has 7 heteroatoms. The number of Topliss-reactive ketones (excluding diaryl/α,β-unsaturated/α-hetero) is 1. The van der Waals surface area contributed by atoms with Crippen LogP contribution in [-0.2, 0) is 11.4 Å². The Hall–Kier alpha value is -2.57. The lowest BCUT2D eigenvalue weighted by Crippen LogP contribution is -2.47. The lowest BCUT2D eigenvalue weighted by Gasteiger charge is -2.38. The summed E-state index contributed by atoms with van der Waals surface area (Å²) in [6.07, 6.45) is 0.919. The lowest BCUT2D eigenvalue weighted by atomic mass is 9.91. The van der Waals surface area contributed by atoms with Crippen LogP contribution in [0.4, 0.5) is 0 Å². The number of para-hydroxylation sites is 1. The first kappa shape index (κ1) is 23.1. The molecule has 2 aromatic carbocycles. The van der Waals surface area contributed by atoms with Crippen molar-refractivity contribution < 1.29 is 14.3 Å². The summed E-state index contributed by atoms with van der Waals surface area (Å²) in [5.74, 6) is 1.15. The van der Waals surface area contributed by atoms with Crippen LogP contribution in [-0.4, -0.2) is 29.5 Å². The molecule has 0 saturated carbocycles. The molecule has 0 bridgehead atoms. The molecular weight excluding hydrogens is 432 g/mol. The van der Waals surface area contributed by atoms with Gasteiger partial charge in [0.05, 0.1) is 13.2 Å². The van der Waals surface area contributed by atoms with Crippen molar-refractivity contribution in [1.82, 2.24) is 10.2 Å². The van der Waals surface area contributed by atoms with Crippen LogP contribution < -0.4 is 14.8 Å². The molecule has 1 N–H and O–H groups in total. The van der Waals surface area contributed by atoms with E-state index < -0.39 is 6.04 Å². The highest BCUT2D eigenvalue weighted by molar-refractivity contribution is 7.80. The molecule has 0 aromatic heterocycles. The zero-order chi connectivity index (χ0) is 22.5. The third-order valence-electron chi connectivity index (χ3n) is 5.24. The molecule has 0 amide bonds. The number of rotatable bonds is 8. The van der Waals surface area contributed by atoms with E-state index >= 15 is 0 Å². The van der Waals surface area contributed by atoms with Crippen molar-refractivity contribution in [2.45, 2.75) is 39.8 Å². The predicted octanol–water partition coefficient (Wildman–Crippen LogP) is 5.43. The molecule has 1 aliphatic heterocycles. The Morgan fingerprint density at radius 3 is 2.65 bits per heavy atom. The van der Waals surface area contributed by atoms with E-state index in [0.717, 1.165) is 29.8 Å². The predicted molar refractivity (Wildman–Crippen MR) is 128 cm³/mol. The molecule has 1 atom stereocenters. The van der Waals surface area contributed by atoms with Gasteiger partial charge in [-0.3, -0.25) is 4.79 Å². The minimum atomic E-state index is -0.428. The number of halogens is 1. The fourth-order valence-corrected chi connectivity index (χ4v) is 4.38. The normalized spacial score (nSPS) is 16.2. The minimum absolute atomic E-state index is 0.0118. The van der Waals surface area contributed by atoms with Crippen LogP contribution in [0, 0.1) is 0 Å². The molecule has 5 nitrogen and oxygen atoms in total. The number of nitrogens with one attached hydrogen (secondary N) is 1. The maximum Gasteiger partial charge on any atom is 0.173 e. The summed E-state index contributed by atoms with van der Waals surface area (Å²) in [5.41, 5.74) is 3.27. The van der Waals surface area contributed by atoms with Gasteiger partial charge in [-0.05, 0) is 56.2 Å². The van der Waals surface area contributed by atoms with Crippen molar-refractivity contribution >= 4 is 34.7 Å². The number of carbonyl (C=O) groups excluding carboxylic acids is 1. The number of ketones is 1. The number of ether oxygens (including phenoxy) is 2. The van der Waals surface area contributed by atoms with Gasteiger partial charge in [0, 0.05) is 28.4 Å². The lowest BCUT2D eigenvalue weighted by molar-refractivity contribution is -0.114. The van der Waals surface area contributed by atoms with E-state index in [1.807, 2.05) is 54.3 Å². The highest BCUT2D eigenvalue weighted by Crippen LogP contribution is 2.41. The number of carbonyl (C=O) groups is 1. The molecule has 1 unspecified atom stereocenters. The molecule has 0 spiro atoms. The number of allylic oxidation sites excluding steroid dienone is 1. The maximum absolute atomic E-state index is 12.7. The fourth-order valence-electron chi connectivity index (χ4n) is 3.82. The van der Waals surface area contributed by atoms with Gasteiger partial charge in [-0.25, -0.2) is 0 Å². The van der Waals surface area contributed by atoms with Crippen molar-refractivity contribution in [3.8, 4) is 11.5 Å². The fraction of sp³-hybridized carbons (Fsp3) is 0.333. The Bertz CT molecular complexity index is 1020. The van der Waals surface area contributed by atoms with E-state index in [-0.39, 0.29) is 5.78 Å². The van der Waals surface area contributed by atoms with E-state index in [4.69, 9.17) is 33.3 Å². The highest BCUT2D eigenvalue weighted by Gasteiger charge is 2.34. The van der Waals surface area contributed by atoms with Crippen molar-refractivity contribution in [2.75, 3.05) is 13.7 Å². The van der Waals surface area contributed by atoms with Gasteiger partial charge in [-0.15, -0.1) is 0 Å². The molecular formula is C24H27ClN2O3S. The van der Waals surface area contributed by atoms with Crippen LogP contribution in [0.1, 0.15) is 44.4 Å². The summed E-state index contributed by atoms with van der Waals surface area (Å²) < 4.78 is 11.8. The zero-order valence-corrected chi connectivity index (χ0v) is 19.8. The van der Waals surface area contributed by atoms with Gasteiger partial charge in [0.2, 0.25) is 0 Å². The third-order valence-corrected chi connectivity index (χ3v) is 5.81. The SMILES string of the molecule is CCCN1C(=S)NC(c2cccc(OC)c2OCc2cccc(Cl)c2)C(C(C)=O)=C1C. The van der Waals surface area contributed by atoms with E-state index in [1.165, 1.54) is 0 Å². The largest absolute Gasteiger partial charge is 0.493 e. The second-order valence-corrected chi connectivity index (χ2v) is 8.21. The summed E-state index contributed by atoms with van der Waals surface area (Å²) in [6.45, 7) is 6.67. The average molecular weight is 459 g/mol. The van der Waals surface area contributed by atoms with Gasteiger partial charge in [-0.1, -0.05) is 42.8 Å². The summed E-state index contributed by atoms with van der Waals surface area (Å²) in [4.78, 5) is 14.7. The first-order valence-corrected chi connectivity index (χ1v) is 11.0. The quantitative estimate of drug-likeness (QED) is 0.532. The summed E-state index contributed by atoms with van der Waals surface area (Å²) in [5, 5.41) is 4.59. The molecule has 0 radical (unpaired) electrons. The van der Waals surface area contributed by atoms with Gasteiger partial charge in [-0.2, -0.15) is 0 Å². The van der Waals surface area contributed by atoms with Gasteiger partial charge in [0.15, 0.2) is 22.4 Å². The minimum Gasteiger partial charge on any atom is -0.493 e. The molecule has 31 heavy (non-hydrogen) atoms. The zero-order valence-electron chi connectivity index (χ0n) is 18.2. The monoisotopic (exact) mass is 458 g/mol. The Morgan fingerprint density at radius 2 is 2.00 bits per heavy atom. The highest BCUT2D eigenvalue weighted by atomic mass is 35.5. The molecule has 0 fully saturated rings. The van der Waals surface area contributed by atoms with Gasteiger partial charge >= 0.3 is 0 Å². The molecule has 1 aliphatic rings. The van der Waals surface area contributed by atoms with Crippen LogP contribution in [0.3, 0.4) is 0 Å². The Balaban J connectivity index is 2.05. The van der Waals surface area contributed by atoms with Crippen molar-refractivity contribution in [2.24, 2.45) is 0 Å². The first-order chi connectivity index (χ1) is 14.9. The number of methoxy groups -OCH3 is 1. The van der Waals surface area contributed by atoms with Crippen molar-refractivity contribution in [3.05, 3.63) is 69.9 Å². The van der Waals surface area contributed by atoms with Gasteiger partial charge < -0.3 is 19.7 Å². The van der Waals surface area contributed by atoms with Crippen LogP contribution in [0.5, 0.6) is 11.5 Å². The second-order valence-electron chi connectivity index (χ2n) is 7.39. The average Bonchev–Trinajstić information content (AvgIpc) is 2.74.